The molecule has 4 heteroatoms. The van der Waals surface area contributed by atoms with E-state index < -0.39 is 8.07 Å². The molecule has 10 aromatic carbocycles. The number of furan rings is 1. The Morgan fingerprint density at radius 1 is 0.297 bits per heavy atom. The number of benzene rings is 10. The quantitative estimate of drug-likeness (QED) is 0.116. The molecule has 13 rings (SSSR count). The first-order valence-corrected chi connectivity index (χ1v) is 24.0. The summed E-state index contributed by atoms with van der Waals surface area (Å²) in [5, 5.41) is 12.6. The van der Waals surface area contributed by atoms with Gasteiger partial charge in [0, 0.05) is 38.0 Å². The Labute approximate surface area is 371 Å². The molecular formula is C60H40N2OSi. The summed E-state index contributed by atoms with van der Waals surface area (Å²) in [7, 11) is -2.77. The normalized spacial score (nSPS) is 12.1. The van der Waals surface area contributed by atoms with Gasteiger partial charge < -0.3 is 13.6 Å². The molecule has 0 saturated carbocycles. The predicted molar refractivity (Wildman–Crippen MR) is 271 cm³/mol. The topological polar surface area (TPSA) is 23.0 Å². The summed E-state index contributed by atoms with van der Waals surface area (Å²) in [6.45, 7) is 0. The van der Waals surface area contributed by atoms with Crippen molar-refractivity contribution in [1.29, 1.82) is 0 Å². The molecule has 64 heavy (non-hydrogen) atoms. The Morgan fingerprint density at radius 3 is 1.50 bits per heavy atom. The van der Waals surface area contributed by atoms with Crippen LogP contribution in [0.5, 0.6) is 0 Å². The second kappa shape index (κ2) is 14.5. The van der Waals surface area contributed by atoms with Crippen molar-refractivity contribution in [3.8, 4) is 22.5 Å². The van der Waals surface area contributed by atoms with Crippen LogP contribution in [0.25, 0.3) is 88.1 Å². The smallest absolute Gasteiger partial charge is 0.179 e. The van der Waals surface area contributed by atoms with Crippen LogP contribution in [0.15, 0.2) is 247 Å². The molecule has 0 unspecified atom stereocenters. The molecule has 300 valence electrons. The Bertz CT molecular complexity index is 3800. The third-order valence-electron chi connectivity index (χ3n) is 13.5. The van der Waals surface area contributed by atoms with Gasteiger partial charge in [0.15, 0.2) is 8.07 Å². The van der Waals surface area contributed by atoms with Crippen LogP contribution in [0.4, 0.5) is 0 Å². The van der Waals surface area contributed by atoms with Gasteiger partial charge in [0.1, 0.15) is 11.2 Å². The van der Waals surface area contributed by atoms with Crippen LogP contribution < -0.4 is 20.7 Å². The first-order valence-electron chi connectivity index (χ1n) is 22.0. The van der Waals surface area contributed by atoms with Crippen molar-refractivity contribution in [3.05, 3.63) is 243 Å². The van der Waals surface area contributed by atoms with Crippen molar-refractivity contribution < 1.29 is 4.42 Å². The van der Waals surface area contributed by atoms with Crippen LogP contribution in [-0.2, 0) is 0 Å². The van der Waals surface area contributed by atoms with E-state index in [-0.39, 0.29) is 0 Å². The number of hydrogen-bond donors (Lipinski definition) is 0. The lowest BCUT2D eigenvalue weighted by Crippen LogP contribution is -2.74. The van der Waals surface area contributed by atoms with Crippen molar-refractivity contribution in [2.75, 3.05) is 0 Å². The standard InChI is InChI=1S/C60H40N2OSi/c1-4-19-44(20-5-1)64(45-21-6-2-7-22-45,46-23-8-3-9-24-46)47-25-16-18-43(40-47)61-54-30-14-11-28-50(54)60-56(61)31-17-32-57(60)62-53-29-13-10-26-48(53)51-38-41(34-36-55(51)62)42-35-37-59-52(39-42)49-27-12-15-33-58(49)63-59/h1-40H. The third-order valence-corrected chi connectivity index (χ3v) is 18.2. The van der Waals surface area contributed by atoms with Gasteiger partial charge in [-0.05, 0) is 98.6 Å². The van der Waals surface area contributed by atoms with Crippen LogP contribution in [0, 0.1) is 0 Å². The maximum absolute atomic E-state index is 6.19. The summed E-state index contributed by atoms with van der Waals surface area (Å²) in [5.41, 5.74) is 11.2. The van der Waals surface area contributed by atoms with E-state index in [2.05, 4.69) is 240 Å². The highest BCUT2D eigenvalue weighted by atomic mass is 28.3. The van der Waals surface area contributed by atoms with Crippen molar-refractivity contribution in [3.63, 3.8) is 0 Å². The van der Waals surface area contributed by atoms with Gasteiger partial charge in [-0.2, -0.15) is 0 Å². The van der Waals surface area contributed by atoms with Gasteiger partial charge in [0.25, 0.3) is 0 Å². The van der Waals surface area contributed by atoms with Crippen LogP contribution in [0.2, 0.25) is 0 Å². The molecule has 3 nitrogen and oxygen atoms in total. The number of fused-ring (bicyclic) bond motifs is 9. The second-order valence-corrected chi connectivity index (χ2v) is 20.6. The maximum Gasteiger partial charge on any atom is 0.179 e. The Kier molecular flexibility index (Phi) is 8.23. The van der Waals surface area contributed by atoms with E-state index in [4.69, 9.17) is 4.42 Å². The minimum absolute atomic E-state index is 0.909. The third kappa shape index (κ3) is 5.39. The Hall–Kier alpha value is -8.18. The van der Waals surface area contributed by atoms with E-state index in [0.717, 1.165) is 33.3 Å². The lowest BCUT2D eigenvalue weighted by molar-refractivity contribution is 0.669. The summed E-state index contributed by atoms with van der Waals surface area (Å²) >= 11 is 0. The van der Waals surface area contributed by atoms with Crippen molar-refractivity contribution in [2.45, 2.75) is 0 Å². The molecule has 0 atom stereocenters. The van der Waals surface area contributed by atoms with Crippen LogP contribution in [0.1, 0.15) is 0 Å². The molecule has 0 radical (unpaired) electrons. The average Bonchev–Trinajstić information content (AvgIpc) is 4.03. The average molecular weight is 833 g/mol. The highest BCUT2D eigenvalue weighted by Crippen LogP contribution is 2.41. The molecular weight excluding hydrogens is 793 g/mol. The molecule has 3 aromatic heterocycles. The summed E-state index contributed by atoms with van der Waals surface area (Å²) in [5.74, 6) is 0. The molecule has 0 aliphatic carbocycles. The van der Waals surface area contributed by atoms with Gasteiger partial charge in [0.05, 0.1) is 27.8 Å². The molecule has 0 N–H and O–H groups in total. The van der Waals surface area contributed by atoms with Gasteiger partial charge in [-0.25, -0.2) is 0 Å². The van der Waals surface area contributed by atoms with E-state index in [1.165, 1.54) is 75.5 Å². The van der Waals surface area contributed by atoms with Gasteiger partial charge in [-0.3, -0.25) is 0 Å². The highest BCUT2D eigenvalue weighted by Gasteiger charge is 2.41. The van der Waals surface area contributed by atoms with Crippen LogP contribution in [-0.4, -0.2) is 17.2 Å². The molecule has 0 amide bonds. The molecule has 3 heterocycles. The minimum Gasteiger partial charge on any atom is -0.456 e. The summed E-state index contributed by atoms with van der Waals surface area (Å²) < 4.78 is 11.2. The second-order valence-electron chi connectivity index (χ2n) is 16.8. The first-order chi connectivity index (χ1) is 31.8. The lowest BCUT2D eigenvalue weighted by atomic mass is 10.0. The molecule has 0 spiro atoms. The summed E-state index contributed by atoms with van der Waals surface area (Å²) in [6, 6.07) is 89.3. The van der Waals surface area contributed by atoms with Crippen LogP contribution >= 0.6 is 0 Å². The van der Waals surface area contributed by atoms with Gasteiger partial charge in [-0.1, -0.05) is 176 Å². The number of rotatable bonds is 7. The van der Waals surface area contributed by atoms with Gasteiger partial charge in [-0.15, -0.1) is 0 Å². The number of hydrogen-bond acceptors (Lipinski definition) is 1. The Balaban J connectivity index is 1.03. The Morgan fingerprint density at radius 2 is 0.797 bits per heavy atom. The first kappa shape index (κ1) is 36.5. The molecule has 0 aliphatic heterocycles. The van der Waals surface area contributed by atoms with Gasteiger partial charge in [0.2, 0.25) is 0 Å². The monoisotopic (exact) mass is 832 g/mol. The fraction of sp³-hybridized carbons (Fsp3) is 0. The zero-order valence-corrected chi connectivity index (χ0v) is 35.9. The minimum atomic E-state index is -2.77. The fourth-order valence-corrected chi connectivity index (χ4v) is 15.5. The SMILES string of the molecule is c1ccc([Si](c2ccccc2)(c2ccccc2)c2cccc(-n3c4ccccc4c4c(-n5c6ccccc6c6cc(-c7ccc8oc9ccccc9c8c7)ccc65)cccc43)c2)cc1. The predicted octanol–water partition coefficient (Wildman–Crippen LogP) is 12.8. The molecule has 0 saturated heterocycles. The number of para-hydroxylation sites is 3. The molecule has 0 bridgehead atoms. The molecule has 0 fully saturated rings. The maximum atomic E-state index is 6.19. The van der Waals surface area contributed by atoms with E-state index >= 15 is 0 Å². The molecule has 13 aromatic rings. The van der Waals surface area contributed by atoms with E-state index in [0.29, 0.717) is 0 Å². The lowest BCUT2D eigenvalue weighted by Gasteiger charge is -2.34. The van der Waals surface area contributed by atoms with E-state index in [9.17, 15) is 0 Å². The van der Waals surface area contributed by atoms with E-state index in [1.807, 2.05) is 12.1 Å². The van der Waals surface area contributed by atoms with Crippen molar-refractivity contribution in [1.82, 2.24) is 9.13 Å². The largest absolute Gasteiger partial charge is 0.456 e. The van der Waals surface area contributed by atoms with Crippen LogP contribution in [0.3, 0.4) is 0 Å². The fourth-order valence-electron chi connectivity index (χ4n) is 10.7. The summed E-state index contributed by atoms with van der Waals surface area (Å²) in [6.07, 6.45) is 0. The zero-order chi connectivity index (χ0) is 42.2. The number of nitrogens with zero attached hydrogens (tertiary/aromatic N) is 2. The van der Waals surface area contributed by atoms with Crippen molar-refractivity contribution >= 4 is 94.4 Å². The highest BCUT2D eigenvalue weighted by molar-refractivity contribution is 7.19. The molecule has 0 aliphatic rings. The zero-order valence-electron chi connectivity index (χ0n) is 34.9. The number of aromatic nitrogens is 2. The summed E-state index contributed by atoms with van der Waals surface area (Å²) in [4.78, 5) is 0. The van der Waals surface area contributed by atoms with E-state index in [1.54, 1.807) is 0 Å². The van der Waals surface area contributed by atoms with Gasteiger partial charge >= 0.3 is 0 Å². The van der Waals surface area contributed by atoms with Crippen molar-refractivity contribution in [2.24, 2.45) is 0 Å².